The minimum atomic E-state index is -6.46. The Kier molecular flexibility index (Phi) is 5.28. The topological polar surface area (TPSA) is 86.7 Å². The average molecular weight is 522 g/mol. The second-order valence-electron chi connectivity index (χ2n) is 6.14. The molecule has 1 aromatic rings. The highest BCUT2D eigenvalue weighted by Crippen LogP contribution is 2.52. The number of allylic oxidation sites excluding steroid dienone is 2. The van der Waals surface area contributed by atoms with Crippen LogP contribution in [0.2, 0.25) is 0 Å². The fraction of sp³-hybridized carbons (Fsp3) is 0.286. The number of benzene rings is 1. The fourth-order valence-corrected chi connectivity index (χ4v) is 3.95. The second-order valence-corrected chi connectivity index (χ2v) is 9.22. The molecule has 0 aromatic heterocycles. The molecule has 0 spiro atoms. The van der Waals surface area contributed by atoms with Gasteiger partial charge in [0.1, 0.15) is 11.5 Å². The zero-order valence-electron chi connectivity index (χ0n) is 14.4. The van der Waals surface area contributed by atoms with E-state index in [9.17, 15) is 60.7 Å². The van der Waals surface area contributed by atoms with Gasteiger partial charge in [0.25, 0.3) is 0 Å². The quantitative estimate of drug-likeness (QED) is 0.196. The highest BCUT2D eigenvalue weighted by Gasteiger charge is 2.54. The van der Waals surface area contributed by atoms with Crippen LogP contribution < -0.4 is 0 Å². The molecule has 6 nitrogen and oxygen atoms in total. The average Bonchev–Trinajstić information content (AvgIpc) is 2.62. The lowest BCUT2D eigenvalue weighted by atomic mass is 9.73. The summed E-state index contributed by atoms with van der Waals surface area (Å²) in [4.78, 5) is 0. The van der Waals surface area contributed by atoms with Crippen molar-refractivity contribution < 1.29 is 69.1 Å². The van der Waals surface area contributed by atoms with Gasteiger partial charge in [-0.1, -0.05) is 0 Å². The van der Waals surface area contributed by atoms with Gasteiger partial charge in [0.15, 0.2) is 23.3 Å². The van der Waals surface area contributed by atoms with Crippen molar-refractivity contribution >= 4 is 20.2 Å². The van der Waals surface area contributed by atoms with Gasteiger partial charge in [-0.3, -0.25) is 0 Å². The van der Waals surface area contributed by atoms with Crippen molar-refractivity contribution in [3.63, 3.8) is 0 Å². The molecule has 32 heavy (non-hydrogen) atoms. The first-order valence-corrected chi connectivity index (χ1v) is 10.4. The SMILES string of the molecule is O=S(=O)(OC1=C[C@@H]2C(OS(=O)(=O)C(F)(F)F)=C[C@H]1c1c(F)c(F)c(F)c(F)c12)C(F)(F)F. The third kappa shape index (κ3) is 3.57. The highest BCUT2D eigenvalue weighted by molar-refractivity contribution is 7.88. The van der Waals surface area contributed by atoms with Crippen molar-refractivity contribution in [3.8, 4) is 0 Å². The number of rotatable bonds is 4. The molecule has 0 radical (unpaired) electrons. The van der Waals surface area contributed by atoms with Crippen molar-refractivity contribution in [2.45, 2.75) is 22.9 Å². The molecule has 4 rings (SSSR count). The molecule has 0 unspecified atom stereocenters. The summed E-state index contributed by atoms with van der Waals surface area (Å²) in [5.74, 6) is -17.1. The first-order valence-electron chi connectivity index (χ1n) is 7.61. The zero-order chi connectivity index (χ0) is 24.6. The molecule has 0 saturated heterocycles. The summed E-state index contributed by atoms with van der Waals surface area (Å²) in [7, 11) is -12.9. The predicted molar refractivity (Wildman–Crippen MR) is 80.0 cm³/mol. The van der Waals surface area contributed by atoms with E-state index in [0.717, 1.165) is 0 Å². The third-order valence-corrected chi connectivity index (χ3v) is 6.17. The van der Waals surface area contributed by atoms with Crippen molar-refractivity contribution in [2.75, 3.05) is 0 Å². The van der Waals surface area contributed by atoms with Crippen molar-refractivity contribution in [3.05, 3.63) is 58.1 Å². The highest BCUT2D eigenvalue weighted by atomic mass is 32.2. The fourth-order valence-electron chi connectivity index (χ4n) is 2.93. The van der Waals surface area contributed by atoms with Crippen LogP contribution in [0.1, 0.15) is 23.0 Å². The largest absolute Gasteiger partial charge is 0.534 e. The molecule has 3 aliphatic rings. The van der Waals surface area contributed by atoms with E-state index in [2.05, 4.69) is 8.37 Å². The summed E-state index contributed by atoms with van der Waals surface area (Å²) in [6.45, 7) is 0. The molecular weight excluding hydrogens is 518 g/mol. The van der Waals surface area contributed by atoms with E-state index in [0.29, 0.717) is 0 Å². The number of alkyl halides is 6. The summed E-state index contributed by atoms with van der Waals surface area (Å²) in [5, 5.41) is 0. The Hall–Kier alpha value is -2.50. The standard InChI is InChI=1S/C14H4F10O6S2/c15-9-7-3-1-5(29-31(25,26)13(19,20)21)4(8(7)10(16)12(18)11(9)17)2-6(3)30-32(27,28)14(22,23)24/h1-4H/t3-,4-/m1/s1. The molecule has 2 atom stereocenters. The van der Waals surface area contributed by atoms with Crippen LogP contribution in [0.15, 0.2) is 23.7 Å². The van der Waals surface area contributed by atoms with Gasteiger partial charge < -0.3 is 8.37 Å². The van der Waals surface area contributed by atoms with Gasteiger partial charge in [0, 0.05) is 11.1 Å². The molecule has 3 aliphatic carbocycles. The molecule has 2 bridgehead atoms. The van der Waals surface area contributed by atoms with Gasteiger partial charge in [-0.15, -0.1) is 0 Å². The van der Waals surface area contributed by atoms with Gasteiger partial charge in [-0.05, 0) is 12.2 Å². The molecule has 0 saturated carbocycles. The Bertz CT molecular complexity index is 1180. The van der Waals surface area contributed by atoms with Crippen molar-refractivity contribution in [1.29, 1.82) is 0 Å². The lowest BCUT2D eigenvalue weighted by Gasteiger charge is -2.36. The van der Waals surface area contributed by atoms with Gasteiger partial charge in [-0.2, -0.15) is 43.2 Å². The Balaban J connectivity index is 2.20. The van der Waals surface area contributed by atoms with Crippen LogP contribution in [0.4, 0.5) is 43.9 Å². The first kappa shape index (κ1) is 24.1. The van der Waals surface area contributed by atoms with Crippen molar-refractivity contribution in [2.24, 2.45) is 0 Å². The summed E-state index contributed by atoms with van der Waals surface area (Å²) >= 11 is 0. The van der Waals surface area contributed by atoms with E-state index in [1.807, 2.05) is 0 Å². The monoisotopic (exact) mass is 522 g/mol. The maximum absolute atomic E-state index is 14.3. The van der Waals surface area contributed by atoms with E-state index >= 15 is 0 Å². The summed E-state index contributed by atoms with van der Waals surface area (Å²) in [5.41, 5.74) is -14.8. The van der Waals surface area contributed by atoms with Gasteiger partial charge in [0.2, 0.25) is 0 Å². The molecule has 18 heteroatoms. The Labute approximate surface area is 171 Å². The maximum atomic E-state index is 14.3. The van der Waals surface area contributed by atoms with Crippen LogP contribution in [-0.4, -0.2) is 27.9 Å². The normalized spacial score (nSPS) is 21.1. The van der Waals surface area contributed by atoms with Crippen LogP contribution in [-0.2, 0) is 28.6 Å². The van der Waals surface area contributed by atoms with Gasteiger partial charge in [0.05, 0.1) is 11.8 Å². The minimum absolute atomic E-state index is 0.136. The van der Waals surface area contributed by atoms with E-state index in [1.165, 1.54) is 0 Å². The molecule has 0 amide bonds. The molecule has 1 aromatic carbocycles. The molecular formula is C14H4F10O6S2. The Morgan fingerprint density at radius 3 is 1.12 bits per heavy atom. The number of halogens is 10. The van der Waals surface area contributed by atoms with E-state index in [-0.39, 0.29) is 12.2 Å². The Morgan fingerprint density at radius 2 is 0.875 bits per heavy atom. The van der Waals surface area contributed by atoms with E-state index < -0.39 is 89.0 Å². The molecule has 0 N–H and O–H groups in total. The second kappa shape index (κ2) is 7.00. The lowest BCUT2D eigenvalue weighted by Crippen LogP contribution is -2.33. The van der Waals surface area contributed by atoms with Gasteiger partial charge >= 0.3 is 31.3 Å². The van der Waals surface area contributed by atoms with Gasteiger partial charge in [-0.25, -0.2) is 17.6 Å². The molecule has 0 fully saturated rings. The molecule has 0 heterocycles. The minimum Gasteiger partial charge on any atom is -0.380 e. The van der Waals surface area contributed by atoms with Crippen LogP contribution in [0.25, 0.3) is 0 Å². The van der Waals surface area contributed by atoms with Crippen LogP contribution in [0.3, 0.4) is 0 Å². The van der Waals surface area contributed by atoms with Crippen LogP contribution in [0, 0.1) is 23.3 Å². The summed E-state index contributed by atoms with van der Waals surface area (Å²) in [6.07, 6.45) is 0.273. The number of hydrogen-bond donors (Lipinski definition) is 0. The molecule has 178 valence electrons. The first-order chi connectivity index (χ1) is 14.3. The van der Waals surface area contributed by atoms with Crippen molar-refractivity contribution in [1.82, 2.24) is 0 Å². The summed E-state index contributed by atoms with van der Waals surface area (Å²) in [6, 6.07) is 0. The maximum Gasteiger partial charge on any atom is 0.534 e. The summed E-state index contributed by atoms with van der Waals surface area (Å²) < 4.78 is 184. The van der Waals surface area contributed by atoms with Crippen LogP contribution in [0.5, 0.6) is 0 Å². The smallest absolute Gasteiger partial charge is 0.380 e. The van der Waals surface area contributed by atoms with Crippen LogP contribution >= 0.6 is 0 Å². The van der Waals surface area contributed by atoms with E-state index in [4.69, 9.17) is 0 Å². The van der Waals surface area contributed by atoms with E-state index in [1.54, 1.807) is 0 Å². The predicted octanol–water partition coefficient (Wildman–Crippen LogP) is 3.94. The number of hydrogen-bond acceptors (Lipinski definition) is 6. The Morgan fingerprint density at radius 1 is 0.594 bits per heavy atom. The zero-order valence-corrected chi connectivity index (χ0v) is 16.0. The third-order valence-electron chi connectivity index (χ3n) is 4.22. The lowest BCUT2D eigenvalue weighted by molar-refractivity contribution is -0.0534. The molecule has 0 aliphatic heterocycles.